The second-order valence-corrected chi connectivity index (χ2v) is 7.39. The van der Waals surface area contributed by atoms with E-state index in [0.717, 1.165) is 11.8 Å². The minimum atomic E-state index is 0.507. The van der Waals surface area contributed by atoms with Gasteiger partial charge in [-0.25, -0.2) is 0 Å². The normalized spacial score (nSPS) is 23.5. The molecule has 0 heterocycles. The SMILES string of the molecule is C/C=C(/CC)C(C)C1CCC(OSC)C2(CCCC2)C1.CC.CC.CC.CC. The van der Waals surface area contributed by atoms with E-state index in [-0.39, 0.29) is 0 Å². The summed E-state index contributed by atoms with van der Waals surface area (Å²) in [5.41, 5.74) is 2.17. The Morgan fingerprint density at radius 1 is 1.00 bits per heavy atom. The van der Waals surface area contributed by atoms with E-state index in [1.807, 2.05) is 55.4 Å². The van der Waals surface area contributed by atoms with Crippen LogP contribution in [-0.2, 0) is 4.18 Å². The fraction of sp³-hybridized carbons (Fsp3) is 0.923. The molecule has 1 nitrogen and oxygen atoms in total. The Kier molecular flexibility index (Phi) is 25.4. The molecular weight excluding hydrogens is 360 g/mol. The van der Waals surface area contributed by atoms with Crippen molar-refractivity contribution in [3.05, 3.63) is 11.6 Å². The predicted octanol–water partition coefficient (Wildman–Crippen LogP) is 10.1. The highest BCUT2D eigenvalue weighted by molar-refractivity contribution is 7.93. The van der Waals surface area contributed by atoms with Gasteiger partial charge in [-0.2, -0.15) is 0 Å². The van der Waals surface area contributed by atoms with Crippen molar-refractivity contribution in [3.63, 3.8) is 0 Å². The smallest absolute Gasteiger partial charge is 0.0778 e. The fourth-order valence-electron chi connectivity index (χ4n) is 4.82. The van der Waals surface area contributed by atoms with E-state index in [2.05, 4.69) is 33.1 Å². The van der Waals surface area contributed by atoms with Crippen LogP contribution >= 0.6 is 12.0 Å². The lowest BCUT2D eigenvalue weighted by atomic mass is 9.63. The Balaban J connectivity index is -0.000000695. The third-order valence-corrected chi connectivity index (χ3v) is 6.46. The van der Waals surface area contributed by atoms with Crippen LogP contribution in [0, 0.1) is 17.3 Å². The molecular formula is C26H56OS. The summed E-state index contributed by atoms with van der Waals surface area (Å²) in [6.07, 6.45) is 15.8. The van der Waals surface area contributed by atoms with Gasteiger partial charge >= 0.3 is 0 Å². The highest BCUT2D eigenvalue weighted by atomic mass is 32.2. The van der Waals surface area contributed by atoms with Gasteiger partial charge in [0.2, 0.25) is 0 Å². The lowest BCUT2D eigenvalue weighted by molar-refractivity contribution is -0.00628. The van der Waals surface area contributed by atoms with Gasteiger partial charge in [-0.3, -0.25) is 0 Å². The van der Waals surface area contributed by atoms with Gasteiger partial charge in [-0.15, -0.1) is 0 Å². The summed E-state index contributed by atoms with van der Waals surface area (Å²) in [6.45, 7) is 23.0. The van der Waals surface area contributed by atoms with Crippen LogP contribution in [0.15, 0.2) is 11.6 Å². The molecule has 3 unspecified atom stereocenters. The number of allylic oxidation sites excluding steroid dienone is 2. The molecule has 0 aromatic heterocycles. The van der Waals surface area contributed by atoms with Gasteiger partial charge in [0, 0.05) is 6.26 Å². The molecule has 0 amide bonds. The molecule has 3 atom stereocenters. The average molecular weight is 417 g/mol. The first kappa shape index (κ1) is 32.7. The van der Waals surface area contributed by atoms with Crippen molar-refractivity contribution in [1.29, 1.82) is 0 Å². The van der Waals surface area contributed by atoms with Crippen molar-refractivity contribution in [2.45, 2.75) is 134 Å². The van der Waals surface area contributed by atoms with Gasteiger partial charge in [0.05, 0.1) is 6.10 Å². The van der Waals surface area contributed by atoms with Crippen molar-refractivity contribution < 1.29 is 4.18 Å². The Morgan fingerprint density at radius 2 is 1.50 bits per heavy atom. The highest BCUT2D eigenvalue weighted by Crippen LogP contribution is 2.54. The molecule has 28 heavy (non-hydrogen) atoms. The number of hydrogen-bond acceptors (Lipinski definition) is 2. The lowest BCUT2D eigenvalue weighted by Gasteiger charge is -2.46. The fourth-order valence-corrected chi connectivity index (χ4v) is 5.35. The molecule has 0 bridgehead atoms. The van der Waals surface area contributed by atoms with Crippen LogP contribution in [0.1, 0.15) is 128 Å². The minimum absolute atomic E-state index is 0.507. The number of hydrogen-bond donors (Lipinski definition) is 0. The first-order chi connectivity index (χ1) is 13.7. The molecule has 0 aromatic rings. The van der Waals surface area contributed by atoms with Gasteiger partial charge in [-0.1, -0.05) is 93.7 Å². The van der Waals surface area contributed by atoms with Crippen molar-refractivity contribution in [2.24, 2.45) is 17.3 Å². The Labute approximate surface area is 185 Å². The summed E-state index contributed by atoms with van der Waals surface area (Å²) >= 11 is 1.58. The zero-order valence-electron chi connectivity index (χ0n) is 21.8. The van der Waals surface area contributed by atoms with Crippen LogP contribution < -0.4 is 0 Å². The molecule has 2 heteroatoms. The van der Waals surface area contributed by atoms with Gasteiger partial charge in [0.25, 0.3) is 0 Å². The van der Waals surface area contributed by atoms with E-state index in [4.69, 9.17) is 4.18 Å². The van der Waals surface area contributed by atoms with E-state index in [9.17, 15) is 0 Å². The van der Waals surface area contributed by atoms with E-state index >= 15 is 0 Å². The Hall–Kier alpha value is 0.0500. The summed E-state index contributed by atoms with van der Waals surface area (Å²) in [5.74, 6) is 1.64. The van der Waals surface area contributed by atoms with E-state index in [0.29, 0.717) is 11.5 Å². The molecule has 1 spiro atoms. The highest BCUT2D eigenvalue weighted by Gasteiger charge is 2.47. The predicted molar refractivity (Wildman–Crippen MR) is 135 cm³/mol. The van der Waals surface area contributed by atoms with Crippen molar-refractivity contribution in [3.8, 4) is 0 Å². The average Bonchev–Trinajstić information content (AvgIpc) is 3.25. The van der Waals surface area contributed by atoms with Crippen LogP contribution in [0.3, 0.4) is 0 Å². The molecule has 2 saturated carbocycles. The number of rotatable bonds is 5. The molecule has 0 N–H and O–H groups in total. The standard InChI is InChI=1S/C18H32OS.4C2H6/c1-5-15(6-2)14(3)16-9-10-17(19-20-4)18(13-16)11-7-8-12-18;4*1-2/h5,14,16-17H,6-13H2,1-4H3;4*1-2H3/b15-5-;;;;. The van der Waals surface area contributed by atoms with Crippen molar-refractivity contribution in [1.82, 2.24) is 0 Å². The van der Waals surface area contributed by atoms with E-state index in [1.54, 1.807) is 17.6 Å². The summed E-state index contributed by atoms with van der Waals surface area (Å²) in [4.78, 5) is 0. The maximum absolute atomic E-state index is 6.06. The van der Waals surface area contributed by atoms with Crippen LogP contribution in [0.25, 0.3) is 0 Å². The van der Waals surface area contributed by atoms with Crippen LogP contribution in [-0.4, -0.2) is 12.4 Å². The molecule has 0 saturated heterocycles. The Bertz CT molecular complexity index is 331. The quantitative estimate of drug-likeness (QED) is 0.325. The van der Waals surface area contributed by atoms with E-state index in [1.165, 1.54) is 51.4 Å². The molecule has 2 fully saturated rings. The lowest BCUT2D eigenvalue weighted by Crippen LogP contribution is -2.41. The minimum Gasteiger partial charge on any atom is -0.312 e. The summed E-state index contributed by atoms with van der Waals surface area (Å²) in [7, 11) is 0. The largest absolute Gasteiger partial charge is 0.312 e. The summed E-state index contributed by atoms with van der Waals surface area (Å²) < 4.78 is 6.06. The van der Waals surface area contributed by atoms with E-state index < -0.39 is 0 Å². The Morgan fingerprint density at radius 3 is 1.89 bits per heavy atom. The molecule has 0 radical (unpaired) electrons. The topological polar surface area (TPSA) is 9.23 Å². The third kappa shape index (κ3) is 10.2. The molecule has 2 aliphatic rings. The zero-order valence-corrected chi connectivity index (χ0v) is 22.6. The van der Waals surface area contributed by atoms with Crippen LogP contribution in [0.2, 0.25) is 0 Å². The molecule has 172 valence electrons. The van der Waals surface area contributed by atoms with Crippen LogP contribution in [0.4, 0.5) is 0 Å². The monoisotopic (exact) mass is 416 g/mol. The van der Waals surface area contributed by atoms with Gasteiger partial charge in [0.1, 0.15) is 0 Å². The molecule has 2 aliphatic carbocycles. The maximum atomic E-state index is 6.06. The summed E-state index contributed by atoms with van der Waals surface area (Å²) in [5, 5.41) is 0. The third-order valence-electron chi connectivity index (χ3n) is 6.03. The van der Waals surface area contributed by atoms with Crippen molar-refractivity contribution >= 4 is 12.0 Å². The van der Waals surface area contributed by atoms with Crippen molar-refractivity contribution in [2.75, 3.05) is 6.26 Å². The summed E-state index contributed by atoms with van der Waals surface area (Å²) in [6, 6.07) is 0. The first-order valence-corrected chi connectivity index (χ1v) is 13.7. The molecule has 0 aliphatic heterocycles. The van der Waals surface area contributed by atoms with Crippen LogP contribution in [0.5, 0.6) is 0 Å². The molecule has 0 aromatic carbocycles. The second-order valence-electron chi connectivity index (χ2n) is 6.87. The molecule has 2 rings (SSSR count). The zero-order chi connectivity index (χ0) is 22.6. The van der Waals surface area contributed by atoms with Gasteiger partial charge < -0.3 is 4.18 Å². The van der Waals surface area contributed by atoms with Gasteiger partial charge in [-0.05, 0) is 74.7 Å². The first-order valence-electron chi connectivity index (χ1n) is 12.5. The van der Waals surface area contributed by atoms with Gasteiger partial charge in [0.15, 0.2) is 0 Å². The second kappa shape index (κ2) is 21.8. The maximum Gasteiger partial charge on any atom is 0.0778 e.